The summed E-state index contributed by atoms with van der Waals surface area (Å²) in [6.45, 7) is 7.20. The van der Waals surface area contributed by atoms with Crippen molar-refractivity contribution in [2.24, 2.45) is 5.92 Å². The van der Waals surface area contributed by atoms with Gasteiger partial charge in [0.2, 0.25) is 0 Å². The van der Waals surface area contributed by atoms with Crippen molar-refractivity contribution in [2.45, 2.75) is 37.7 Å². The average Bonchev–Trinajstić information content (AvgIpc) is 2.85. The van der Waals surface area contributed by atoms with Crippen LogP contribution in [0.1, 0.15) is 27.2 Å². The van der Waals surface area contributed by atoms with Crippen LogP contribution < -0.4 is 0 Å². The third-order valence-corrected chi connectivity index (χ3v) is 4.50. The minimum Gasteiger partial charge on any atom is -0.508 e. The molecule has 0 bridgehead atoms. The Morgan fingerprint density at radius 1 is 1.38 bits per heavy atom. The molecule has 1 aromatic carbocycles. The molecule has 1 N–H and O–H groups in total. The molecule has 0 saturated carbocycles. The summed E-state index contributed by atoms with van der Waals surface area (Å²) in [5, 5.41) is 9.26. The number of rotatable bonds is 3. The van der Waals surface area contributed by atoms with Crippen molar-refractivity contribution < 1.29 is 14.6 Å². The Hall–Kier alpha value is -1.36. The number of thioether (sulfide) groups is 1. The summed E-state index contributed by atoms with van der Waals surface area (Å²) >= 11 is 1.76. The van der Waals surface area contributed by atoms with Crippen molar-refractivity contribution in [1.82, 2.24) is 4.90 Å². The topological polar surface area (TPSA) is 49.8 Å². The highest BCUT2D eigenvalue weighted by molar-refractivity contribution is 7.99. The average molecular weight is 309 g/mol. The number of hydrogen-bond acceptors (Lipinski definition) is 4. The van der Waals surface area contributed by atoms with Crippen LogP contribution in [0.3, 0.4) is 0 Å². The predicted molar refractivity (Wildman–Crippen MR) is 84.7 cm³/mol. The molecule has 2 rings (SSSR count). The van der Waals surface area contributed by atoms with Gasteiger partial charge in [0.05, 0.1) is 0 Å². The van der Waals surface area contributed by atoms with Gasteiger partial charge < -0.3 is 14.7 Å². The molecule has 0 radical (unpaired) electrons. The maximum atomic E-state index is 12.0. The first-order chi connectivity index (χ1) is 9.83. The Labute approximate surface area is 130 Å². The van der Waals surface area contributed by atoms with E-state index in [2.05, 4.69) is 0 Å². The second-order valence-corrected chi connectivity index (χ2v) is 7.48. The summed E-state index contributed by atoms with van der Waals surface area (Å²) in [6.07, 6.45) is 0.810. The number of carbonyl (C=O) groups excluding carboxylic acids is 1. The molecule has 1 aliphatic rings. The number of phenolic OH excluding ortho intramolecular Hbond substituents is 1. The molecule has 0 aliphatic carbocycles. The maximum absolute atomic E-state index is 12.0. The van der Waals surface area contributed by atoms with Crippen molar-refractivity contribution in [3.05, 3.63) is 24.3 Å². The Balaban J connectivity index is 1.77. The lowest BCUT2D eigenvalue weighted by Gasteiger charge is -2.24. The van der Waals surface area contributed by atoms with Crippen LogP contribution in [-0.2, 0) is 4.74 Å². The fourth-order valence-electron chi connectivity index (χ4n) is 2.22. The Morgan fingerprint density at radius 3 is 2.67 bits per heavy atom. The van der Waals surface area contributed by atoms with Gasteiger partial charge in [-0.05, 0) is 57.4 Å². The minimum atomic E-state index is -0.435. The van der Waals surface area contributed by atoms with E-state index in [4.69, 9.17) is 4.74 Å². The molecule has 1 aliphatic heterocycles. The van der Waals surface area contributed by atoms with E-state index < -0.39 is 5.60 Å². The first-order valence-corrected chi connectivity index (χ1v) is 8.22. The zero-order chi connectivity index (χ0) is 15.5. The first kappa shape index (κ1) is 16.0. The standard InChI is InChI=1S/C16H23NO3S/c1-16(2,3)20-15(19)17-9-8-12(10-17)11-21-14-6-4-13(18)5-7-14/h4-7,12,18H,8-11H2,1-3H3. The number of amides is 1. The first-order valence-electron chi connectivity index (χ1n) is 7.23. The van der Waals surface area contributed by atoms with Gasteiger partial charge in [0, 0.05) is 23.7 Å². The van der Waals surface area contributed by atoms with Gasteiger partial charge in [-0.2, -0.15) is 0 Å². The molecule has 1 heterocycles. The van der Waals surface area contributed by atoms with Gasteiger partial charge in [-0.15, -0.1) is 11.8 Å². The number of phenols is 1. The molecular formula is C16H23NO3S. The highest BCUT2D eigenvalue weighted by Gasteiger charge is 2.29. The largest absolute Gasteiger partial charge is 0.508 e. The monoisotopic (exact) mass is 309 g/mol. The Bertz CT molecular complexity index is 481. The maximum Gasteiger partial charge on any atom is 0.410 e. The number of nitrogens with zero attached hydrogens (tertiary/aromatic N) is 1. The zero-order valence-corrected chi connectivity index (χ0v) is 13.7. The van der Waals surface area contributed by atoms with Crippen LogP contribution in [0.5, 0.6) is 5.75 Å². The molecule has 21 heavy (non-hydrogen) atoms. The molecule has 1 aromatic rings. The van der Waals surface area contributed by atoms with Crippen LogP contribution >= 0.6 is 11.8 Å². The summed E-state index contributed by atoms with van der Waals surface area (Å²) in [4.78, 5) is 14.9. The van der Waals surface area contributed by atoms with E-state index in [0.717, 1.165) is 30.2 Å². The van der Waals surface area contributed by atoms with Gasteiger partial charge in [-0.1, -0.05) is 0 Å². The van der Waals surface area contributed by atoms with Gasteiger partial charge in [-0.25, -0.2) is 4.79 Å². The minimum absolute atomic E-state index is 0.209. The SMILES string of the molecule is CC(C)(C)OC(=O)N1CCC(CSc2ccc(O)cc2)C1. The Morgan fingerprint density at radius 2 is 2.05 bits per heavy atom. The summed E-state index contributed by atoms with van der Waals surface area (Å²) in [7, 11) is 0. The van der Waals surface area contributed by atoms with Gasteiger partial charge in [-0.3, -0.25) is 0 Å². The fraction of sp³-hybridized carbons (Fsp3) is 0.562. The third kappa shape index (κ3) is 5.16. The quantitative estimate of drug-likeness (QED) is 0.864. The second kappa shape index (κ2) is 6.60. The van der Waals surface area contributed by atoms with Gasteiger partial charge >= 0.3 is 6.09 Å². The lowest BCUT2D eigenvalue weighted by Crippen LogP contribution is -2.35. The number of hydrogen-bond donors (Lipinski definition) is 1. The molecular weight excluding hydrogens is 286 g/mol. The summed E-state index contributed by atoms with van der Waals surface area (Å²) in [5.41, 5.74) is -0.435. The van der Waals surface area contributed by atoms with Crippen LogP contribution in [0, 0.1) is 5.92 Å². The van der Waals surface area contributed by atoms with Crippen molar-refractivity contribution in [1.29, 1.82) is 0 Å². The number of aromatic hydroxyl groups is 1. The summed E-state index contributed by atoms with van der Waals surface area (Å²) < 4.78 is 5.40. The smallest absolute Gasteiger partial charge is 0.410 e. The molecule has 0 aromatic heterocycles. The van der Waals surface area contributed by atoms with Crippen LogP contribution in [0.2, 0.25) is 0 Å². The lowest BCUT2D eigenvalue weighted by molar-refractivity contribution is 0.0289. The Kier molecular flexibility index (Phi) is 5.04. The molecule has 1 atom stereocenters. The molecule has 1 saturated heterocycles. The van der Waals surface area contributed by atoms with Crippen LogP contribution in [-0.4, -0.2) is 40.5 Å². The van der Waals surface area contributed by atoms with Crippen LogP contribution in [0.4, 0.5) is 4.79 Å². The molecule has 1 unspecified atom stereocenters. The predicted octanol–water partition coefficient (Wildman–Crippen LogP) is 3.74. The van der Waals surface area contributed by atoms with E-state index >= 15 is 0 Å². The van der Waals surface area contributed by atoms with E-state index in [1.165, 1.54) is 0 Å². The molecule has 0 spiro atoms. The number of ether oxygens (including phenoxy) is 1. The lowest BCUT2D eigenvalue weighted by atomic mass is 10.2. The van der Waals surface area contributed by atoms with E-state index in [0.29, 0.717) is 5.92 Å². The van der Waals surface area contributed by atoms with Gasteiger partial charge in [0.15, 0.2) is 0 Å². The molecule has 5 heteroatoms. The zero-order valence-electron chi connectivity index (χ0n) is 12.8. The molecule has 1 fully saturated rings. The molecule has 116 valence electrons. The van der Waals surface area contributed by atoms with Crippen molar-refractivity contribution in [2.75, 3.05) is 18.8 Å². The van der Waals surface area contributed by atoms with E-state index in [1.54, 1.807) is 28.8 Å². The number of carbonyl (C=O) groups is 1. The second-order valence-electron chi connectivity index (χ2n) is 6.39. The number of likely N-dealkylation sites (tertiary alicyclic amines) is 1. The van der Waals surface area contributed by atoms with Gasteiger partial charge in [0.25, 0.3) is 0 Å². The highest BCUT2D eigenvalue weighted by Crippen LogP contribution is 2.27. The normalized spacial score (nSPS) is 18.8. The third-order valence-electron chi connectivity index (χ3n) is 3.26. The molecule has 4 nitrogen and oxygen atoms in total. The number of benzene rings is 1. The van der Waals surface area contributed by atoms with E-state index in [9.17, 15) is 9.90 Å². The van der Waals surface area contributed by atoms with Crippen molar-refractivity contribution in [3.63, 3.8) is 0 Å². The van der Waals surface area contributed by atoms with Crippen LogP contribution in [0.15, 0.2) is 29.2 Å². The van der Waals surface area contributed by atoms with Crippen molar-refractivity contribution >= 4 is 17.9 Å². The fourth-order valence-corrected chi connectivity index (χ4v) is 3.25. The summed E-state index contributed by atoms with van der Waals surface area (Å²) in [5.74, 6) is 1.76. The molecule has 1 amide bonds. The van der Waals surface area contributed by atoms with Gasteiger partial charge in [0.1, 0.15) is 11.4 Å². The highest BCUT2D eigenvalue weighted by atomic mass is 32.2. The van der Waals surface area contributed by atoms with E-state index in [-0.39, 0.29) is 11.8 Å². The van der Waals surface area contributed by atoms with E-state index in [1.807, 2.05) is 32.9 Å². The van der Waals surface area contributed by atoms with Crippen LogP contribution in [0.25, 0.3) is 0 Å². The summed E-state index contributed by atoms with van der Waals surface area (Å²) in [6, 6.07) is 7.23. The van der Waals surface area contributed by atoms with Crippen molar-refractivity contribution in [3.8, 4) is 5.75 Å².